The highest BCUT2D eigenvalue weighted by molar-refractivity contribution is 6.35. The first-order chi connectivity index (χ1) is 13.1. The first-order valence-electron chi connectivity index (χ1n) is 8.00. The molecule has 0 radical (unpaired) electrons. The van der Waals surface area contributed by atoms with Crippen molar-refractivity contribution < 1.29 is 22.8 Å². The summed E-state index contributed by atoms with van der Waals surface area (Å²) in [5, 5.41) is 5.76. The summed E-state index contributed by atoms with van der Waals surface area (Å²) >= 11 is 11.8. The van der Waals surface area contributed by atoms with Gasteiger partial charge in [0.1, 0.15) is 6.04 Å². The molecule has 1 amide bonds. The first-order valence-corrected chi connectivity index (χ1v) is 8.75. The van der Waals surface area contributed by atoms with Gasteiger partial charge in [0.15, 0.2) is 0 Å². The van der Waals surface area contributed by atoms with Crippen molar-refractivity contribution in [2.75, 3.05) is 5.32 Å². The van der Waals surface area contributed by atoms with Crippen molar-refractivity contribution in [1.29, 1.82) is 0 Å². The second-order valence-electron chi connectivity index (χ2n) is 5.75. The van der Waals surface area contributed by atoms with Gasteiger partial charge in [-0.15, -0.1) is 0 Å². The lowest BCUT2D eigenvalue weighted by Gasteiger charge is -2.18. The zero-order valence-electron chi connectivity index (χ0n) is 14.3. The van der Waals surface area contributed by atoms with Crippen molar-refractivity contribution in [1.82, 2.24) is 5.32 Å². The number of hydrogen-bond donors (Lipinski definition) is 2. The van der Waals surface area contributed by atoms with E-state index >= 15 is 0 Å². The number of allylic oxidation sites excluding steroid dienone is 1. The van der Waals surface area contributed by atoms with Gasteiger partial charge in [-0.3, -0.25) is 9.59 Å². The number of amides is 1. The van der Waals surface area contributed by atoms with Crippen LogP contribution >= 0.6 is 23.2 Å². The molecule has 0 aliphatic rings. The molecule has 0 aliphatic carbocycles. The molecule has 0 fully saturated rings. The monoisotopic (exact) mass is 430 g/mol. The van der Waals surface area contributed by atoms with Gasteiger partial charge in [0.2, 0.25) is 5.91 Å². The fourth-order valence-electron chi connectivity index (χ4n) is 2.27. The Morgan fingerprint density at radius 2 is 1.64 bits per heavy atom. The Labute approximate surface area is 169 Å². The highest BCUT2D eigenvalue weighted by Crippen LogP contribution is 2.22. The number of carbonyl (C=O) groups excluding carboxylic acids is 2. The number of anilines is 1. The average molecular weight is 431 g/mol. The number of carbonyl (C=O) groups is 2. The van der Waals surface area contributed by atoms with E-state index in [2.05, 4.69) is 10.6 Å². The van der Waals surface area contributed by atoms with Gasteiger partial charge in [-0.05, 0) is 23.8 Å². The van der Waals surface area contributed by atoms with E-state index in [1.165, 1.54) is 18.2 Å². The predicted octanol–water partition coefficient (Wildman–Crippen LogP) is 4.78. The highest BCUT2D eigenvalue weighted by Gasteiger charge is 2.36. The van der Waals surface area contributed by atoms with Crippen LogP contribution in [0.4, 0.5) is 18.9 Å². The van der Waals surface area contributed by atoms with Crippen molar-refractivity contribution in [3.8, 4) is 0 Å². The Morgan fingerprint density at radius 3 is 2.21 bits per heavy atom. The van der Waals surface area contributed by atoms with Gasteiger partial charge in [0.25, 0.3) is 5.78 Å². The topological polar surface area (TPSA) is 58.2 Å². The van der Waals surface area contributed by atoms with Crippen LogP contribution in [0.2, 0.25) is 10.0 Å². The van der Waals surface area contributed by atoms with E-state index in [0.717, 1.165) is 11.8 Å². The molecule has 1 unspecified atom stereocenters. The molecule has 0 aromatic heterocycles. The SMILES string of the molecule is O=C(Nc1cc(Cl)cc(Cl)c1)C(Cc1ccccc1)N/C=C/C(=O)C(F)(F)F. The summed E-state index contributed by atoms with van der Waals surface area (Å²) in [5.41, 5.74) is 1.10. The van der Waals surface area contributed by atoms with Gasteiger partial charge in [0.05, 0.1) is 0 Å². The molecule has 148 valence electrons. The van der Waals surface area contributed by atoms with Crippen molar-refractivity contribution in [2.45, 2.75) is 18.6 Å². The Hall–Kier alpha value is -2.51. The van der Waals surface area contributed by atoms with E-state index in [0.29, 0.717) is 21.8 Å². The number of halogens is 5. The Bertz CT molecular complexity index is 851. The van der Waals surface area contributed by atoms with Crippen LogP contribution < -0.4 is 10.6 Å². The van der Waals surface area contributed by atoms with E-state index in [-0.39, 0.29) is 6.42 Å². The quantitative estimate of drug-likeness (QED) is 0.621. The van der Waals surface area contributed by atoms with E-state index in [1.807, 2.05) is 0 Å². The summed E-state index contributed by atoms with van der Waals surface area (Å²) in [5.74, 6) is -2.56. The molecule has 2 aromatic rings. The van der Waals surface area contributed by atoms with Crippen LogP contribution in [0.5, 0.6) is 0 Å². The maximum Gasteiger partial charge on any atom is 0.454 e. The summed E-state index contributed by atoms with van der Waals surface area (Å²) in [6, 6.07) is 12.4. The minimum atomic E-state index is -4.98. The largest absolute Gasteiger partial charge is 0.454 e. The second kappa shape index (κ2) is 9.61. The molecule has 0 spiro atoms. The third-order valence-electron chi connectivity index (χ3n) is 3.54. The summed E-state index contributed by atoms with van der Waals surface area (Å²) in [4.78, 5) is 23.6. The zero-order chi connectivity index (χ0) is 20.7. The molecule has 0 aliphatic heterocycles. The second-order valence-corrected chi connectivity index (χ2v) is 6.62. The molecule has 0 saturated heterocycles. The molecule has 0 saturated carbocycles. The molecular formula is C19H15Cl2F3N2O2. The predicted molar refractivity (Wildman–Crippen MR) is 102 cm³/mol. The number of nitrogens with one attached hydrogen (secondary N) is 2. The highest BCUT2D eigenvalue weighted by atomic mass is 35.5. The fourth-order valence-corrected chi connectivity index (χ4v) is 2.79. The molecule has 28 heavy (non-hydrogen) atoms. The zero-order valence-corrected chi connectivity index (χ0v) is 15.8. The van der Waals surface area contributed by atoms with Crippen LogP contribution in [0.25, 0.3) is 0 Å². The summed E-state index contributed by atoms with van der Waals surface area (Å²) < 4.78 is 36.9. The van der Waals surface area contributed by atoms with Crippen molar-refractivity contribution in [3.63, 3.8) is 0 Å². The average Bonchev–Trinajstić information content (AvgIpc) is 2.59. The van der Waals surface area contributed by atoms with Gasteiger partial charge in [-0.1, -0.05) is 53.5 Å². The maximum absolute atomic E-state index is 12.6. The maximum atomic E-state index is 12.6. The lowest BCUT2D eigenvalue weighted by molar-refractivity contribution is -0.165. The Balaban J connectivity index is 2.15. The van der Waals surface area contributed by atoms with E-state index in [9.17, 15) is 22.8 Å². The number of benzene rings is 2. The van der Waals surface area contributed by atoms with E-state index in [4.69, 9.17) is 23.2 Å². The summed E-state index contributed by atoms with van der Waals surface area (Å²) in [6.45, 7) is 0. The molecule has 1 atom stereocenters. The van der Waals surface area contributed by atoms with E-state index < -0.39 is 23.9 Å². The number of alkyl halides is 3. The van der Waals surface area contributed by atoms with Crippen LogP contribution in [-0.4, -0.2) is 23.9 Å². The molecule has 2 aromatic carbocycles. The number of hydrogen-bond acceptors (Lipinski definition) is 3. The summed E-state index contributed by atoms with van der Waals surface area (Å²) in [7, 11) is 0. The standard InChI is InChI=1S/C19H15Cl2F3N2O2/c20-13-9-14(21)11-15(10-13)26-18(28)16(8-12-4-2-1-3-5-12)25-7-6-17(27)19(22,23)24/h1-7,9-11,16,25H,8H2,(H,26,28)/b7-6+. The summed E-state index contributed by atoms with van der Waals surface area (Å²) in [6.07, 6.45) is -3.66. The Kier molecular flexibility index (Phi) is 7.48. The van der Waals surface area contributed by atoms with Crippen LogP contribution in [0.3, 0.4) is 0 Å². The number of ketones is 1. The third kappa shape index (κ3) is 6.90. The molecule has 2 rings (SSSR count). The van der Waals surface area contributed by atoms with Gasteiger partial charge in [-0.2, -0.15) is 13.2 Å². The van der Waals surface area contributed by atoms with Crippen LogP contribution in [0.15, 0.2) is 60.8 Å². The molecular weight excluding hydrogens is 416 g/mol. The van der Waals surface area contributed by atoms with Crippen LogP contribution in [0, 0.1) is 0 Å². The normalized spacial score (nSPS) is 12.6. The van der Waals surface area contributed by atoms with Crippen molar-refractivity contribution >= 4 is 40.6 Å². The minimum absolute atomic E-state index is 0.172. The van der Waals surface area contributed by atoms with Crippen LogP contribution in [-0.2, 0) is 16.0 Å². The molecule has 9 heteroatoms. The third-order valence-corrected chi connectivity index (χ3v) is 3.98. The van der Waals surface area contributed by atoms with Crippen molar-refractivity contribution in [3.05, 3.63) is 76.4 Å². The van der Waals surface area contributed by atoms with Gasteiger partial charge in [-0.25, -0.2) is 0 Å². The molecule has 4 nitrogen and oxygen atoms in total. The van der Waals surface area contributed by atoms with Gasteiger partial charge < -0.3 is 10.6 Å². The van der Waals surface area contributed by atoms with Crippen molar-refractivity contribution in [2.24, 2.45) is 0 Å². The molecule has 2 N–H and O–H groups in total. The smallest absolute Gasteiger partial charge is 0.379 e. The first kappa shape index (κ1) is 21.8. The lowest BCUT2D eigenvalue weighted by Crippen LogP contribution is -2.39. The Morgan fingerprint density at radius 1 is 1.04 bits per heavy atom. The van der Waals surface area contributed by atoms with Gasteiger partial charge in [0, 0.05) is 34.4 Å². The van der Waals surface area contributed by atoms with Gasteiger partial charge >= 0.3 is 6.18 Å². The molecule has 0 bridgehead atoms. The minimum Gasteiger partial charge on any atom is -0.379 e. The van der Waals surface area contributed by atoms with E-state index in [1.54, 1.807) is 30.3 Å². The molecule has 0 heterocycles. The number of rotatable bonds is 7. The lowest BCUT2D eigenvalue weighted by atomic mass is 10.1. The fraction of sp³-hybridized carbons (Fsp3) is 0.158. The van der Waals surface area contributed by atoms with Crippen LogP contribution in [0.1, 0.15) is 5.56 Å².